The molecular weight excluding hydrogens is 198 g/mol. The van der Waals surface area contributed by atoms with Gasteiger partial charge in [0, 0.05) is 12.6 Å². The summed E-state index contributed by atoms with van der Waals surface area (Å²) >= 11 is 0. The van der Waals surface area contributed by atoms with Gasteiger partial charge < -0.3 is 10.5 Å². The van der Waals surface area contributed by atoms with Gasteiger partial charge >= 0.3 is 0 Å². The standard InChI is InChI=1S/C14H31NO/c1-5-6-7-8-9-10-11-16-12-13(15)14(2,3)4/h13H,5-12,15H2,1-4H3. The lowest BCUT2D eigenvalue weighted by Crippen LogP contribution is -2.39. The van der Waals surface area contributed by atoms with Gasteiger partial charge in [-0.1, -0.05) is 59.8 Å². The molecule has 1 atom stereocenters. The molecule has 0 aromatic rings. The number of ether oxygens (including phenoxy) is 1. The van der Waals surface area contributed by atoms with Gasteiger partial charge in [-0.15, -0.1) is 0 Å². The van der Waals surface area contributed by atoms with Crippen molar-refractivity contribution in [2.24, 2.45) is 11.1 Å². The molecule has 0 radical (unpaired) electrons. The summed E-state index contributed by atoms with van der Waals surface area (Å²) in [5.74, 6) is 0. The van der Waals surface area contributed by atoms with Crippen LogP contribution in [0.5, 0.6) is 0 Å². The van der Waals surface area contributed by atoms with Crippen molar-refractivity contribution in [1.82, 2.24) is 0 Å². The monoisotopic (exact) mass is 229 g/mol. The first-order valence-corrected chi connectivity index (χ1v) is 6.81. The van der Waals surface area contributed by atoms with Gasteiger partial charge in [-0.05, 0) is 11.8 Å². The summed E-state index contributed by atoms with van der Waals surface area (Å²) in [6.07, 6.45) is 7.89. The Labute approximate surface area is 102 Å². The zero-order valence-electron chi connectivity index (χ0n) is 11.7. The Balaban J connectivity index is 3.21. The zero-order valence-corrected chi connectivity index (χ0v) is 11.7. The first-order valence-electron chi connectivity index (χ1n) is 6.81. The van der Waals surface area contributed by atoms with Crippen LogP contribution >= 0.6 is 0 Å². The van der Waals surface area contributed by atoms with E-state index in [0.717, 1.165) is 6.61 Å². The average molecular weight is 229 g/mol. The van der Waals surface area contributed by atoms with E-state index in [1.165, 1.54) is 38.5 Å². The molecule has 0 bridgehead atoms. The van der Waals surface area contributed by atoms with Crippen LogP contribution in [0.4, 0.5) is 0 Å². The van der Waals surface area contributed by atoms with Gasteiger partial charge in [0.2, 0.25) is 0 Å². The minimum Gasteiger partial charge on any atom is -0.380 e. The summed E-state index contributed by atoms with van der Waals surface area (Å²) in [6.45, 7) is 10.3. The third-order valence-corrected chi connectivity index (χ3v) is 3.05. The SMILES string of the molecule is CCCCCCCCOCC(N)C(C)(C)C. The molecule has 2 nitrogen and oxygen atoms in total. The molecule has 0 fully saturated rings. The van der Waals surface area contributed by atoms with Crippen LogP contribution in [0.15, 0.2) is 0 Å². The van der Waals surface area contributed by atoms with Crippen LogP contribution in [0.3, 0.4) is 0 Å². The Bertz CT molecular complexity index is 151. The maximum absolute atomic E-state index is 6.01. The van der Waals surface area contributed by atoms with Crippen LogP contribution in [-0.4, -0.2) is 19.3 Å². The van der Waals surface area contributed by atoms with Gasteiger partial charge in [0.05, 0.1) is 6.61 Å². The fraction of sp³-hybridized carbons (Fsp3) is 1.00. The maximum Gasteiger partial charge on any atom is 0.0622 e. The van der Waals surface area contributed by atoms with Gasteiger partial charge in [-0.25, -0.2) is 0 Å². The Kier molecular flexibility index (Phi) is 8.96. The highest BCUT2D eigenvalue weighted by molar-refractivity contribution is 4.76. The van der Waals surface area contributed by atoms with Crippen LogP contribution in [0.2, 0.25) is 0 Å². The summed E-state index contributed by atoms with van der Waals surface area (Å²) in [5.41, 5.74) is 6.16. The fourth-order valence-electron chi connectivity index (χ4n) is 1.44. The lowest BCUT2D eigenvalue weighted by molar-refractivity contribution is 0.0874. The van der Waals surface area contributed by atoms with Crippen LogP contribution in [-0.2, 0) is 4.74 Å². The fourth-order valence-corrected chi connectivity index (χ4v) is 1.44. The Hall–Kier alpha value is -0.0800. The predicted octanol–water partition coefficient (Wildman–Crippen LogP) is 3.74. The lowest BCUT2D eigenvalue weighted by Gasteiger charge is -2.26. The number of hydrogen-bond acceptors (Lipinski definition) is 2. The molecule has 16 heavy (non-hydrogen) atoms. The lowest BCUT2D eigenvalue weighted by atomic mass is 9.88. The van der Waals surface area contributed by atoms with E-state index in [1.54, 1.807) is 0 Å². The topological polar surface area (TPSA) is 35.2 Å². The molecule has 0 heterocycles. The minimum atomic E-state index is 0.146. The summed E-state index contributed by atoms with van der Waals surface area (Å²) in [5, 5.41) is 0. The third-order valence-electron chi connectivity index (χ3n) is 3.05. The molecule has 0 saturated carbocycles. The summed E-state index contributed by atoms with van der Waals surface area (Å²) in [7, 11) is 0. The molecule has 0 amide bonds. The van der Waals surface area contributed by atoms with Gasteiger partial charge in [-0.3, -0.25) is 0 Å². The number of rotatable bonds is 9. The van der Waals surface area contributed by atoms with Crippen LogP contribution < -0.4 is 5.73 Å². The van der Waals surface area contributed by atoms with Crippen molar-refractivity contribution in [3.8, 4) is 0 Å². The van der Waals surface area contributed by atoms with Crippen molar-refractivity contribution in [2.45, 2.75) is 72.3 Å². The predicted molar refractivity (Wildman–Crippen MR) is 71.6 cm³/mol. The molecule has 0 saturated heterocycles. The number of unbranched alkanes of at least 4 members (excludes halogenated alkanes) is 5. The van der Waals surface area contributed by atoms with Crippen LogP contribution in [0.1, 0.15) is 66.2 Å². The minimum absolute atomic E-state index is 0.146. The molecule has 98 valence electrons. The average Bonchev–Trinajstić information content (AvgIpc) is 2.20. The summed E-state index contributed by atoms with van der Waals surface area (Å²) < 4.78 is 5.60. The zero-order chi connectivity index (χ0) is 12.4. The van der Waals surface area contributed by atoms with E-state index in [4.69, 9.17) is 10.5 Å². The number of hydrogen-bond donors (Lipinski definition) is 1. The molecular formula is C14H31NO. The Morgan fingerprint density at radius 2 is 1.56 bits per heavy atom. The smallest absolute Gasteiger partial charge is 0.0622 e. The first kappa shape index (κ1) is 15.9. The van der Waals surface area contributed by atoms with Crippen molar-refractivity contribution in [1.29, 1.82) is 0 Å². The summed E-state index contributed by atoms with van der Waals surface area (Å²) in [4.78, 5) is 0. The molecule has 0 aromatic heterocycles. The molecule has 0 aliphatic rings. The van der Waals surface area contributed by atoms with Crippen molar-refractivity contribution in [2.75, 3.05) is 13.2 Å². The second-order valence-corrected chi connectivity index (χ2v) is 5.82. The maximum atomic E-state index is 6.01. The molecule has 2 N–H and O–H groups in total. The molecule has 0 spiro atoms. The van der Waals surface area contributed by atoms with Crippen LogP contribution in [0.25, 0.3) is 0 Å². The number of nitrogens with two attached hydrogens (primary N) is 1. The normalized spacial score (nSPS) is 14.1. The molecule has 1 unspecified atom stereocenters. The largest absolute Gasteiger partial charge is 0.380 e. The van der Waals surface area contributed by atoms with Gasteiger partial charge in [0.25, 0.3) is 0 Å². The second kappa shape index (κ2) is 9.00. The van der Waals surface area contributed by atoms with E-state index in [-0.39, 0.29) is 11.5 Å². The van der Waals surface area contributed by atoms with Gasteiger partial charge in [0.1, 0.15) is 0 Å². The molecule has 0 aliphatic heterocycles. The molecule has 2 heteroatoms. The first-order chi connectivity index (χ1) is 7.48. The van der Waals surface area contributed by atoms with E-state index in [0.29, 0.717) is 6.61 Å². The van der Waals surface area contributed by atoms with Crippen LogP contribution in [0, 0.1) is 5.41 Å². The molecule has 0 rings (SSSR count). The Morgan fingerprint density at radius 1 is 1.00 bits per heavy atom. The molecule has 0 aromatic carbocycles. The highest BCUT2D eigenvalue weighted by Gasteiger charge is 2.20. The van der Waals surface area contributed by atoms with E-state index >= 15 is 0 Å². The highest BCUT2D eigenvalue weighted by Crippen LogP contribution is 2.17. The second-order valence-electron chi connectivity index (χ2n) is 5.82. The third kappa shape index (κ3) is 9.17. The van der Waals surface area contributed by atoms with Crippen molar-refractivity contribution >= 4 is 0 Å². The Morgan fingerprint density at radius 3 is 2.12 bits per heavy atom. The van der Waals surface area contributed by atoms with Crippen molar-refractivity contribution in [3.63, 3.8) is 0 Å². The summed E-state index contributed by atoms with van der Waals surface area (Å²) in [6, 6.07) is 0.146. The quantitative estimate of drug-likeness (QED) is 0.611. The van der Waals surface area contributed by atoms with E-state index in [2.05, 4.69) is 27.7 Å². The van der Waals surface area contributed by atoms with Crippen molar-refractivity contribution < 1.29 is 4.74 Å². The van der Waals surface area contributed by atoms with E-state index in [1.807, 2.05) is 0 Å². The van der Waals surface area contributed by atoms with Gasteiger partial charge in [0.15, 0.2) is 0 Å². The van der Waals surface area contributed by atoms with E-state index in [9.17, 15) is 0 Å². The van der Waals surface area contributed by atoms with Crippen molar-refractivity contribution in [3.05, 3.63) is 0 Å². The molecule has 0 aliphatic carbocycles. The highest BCUT2D eigenvalue weighted by atomic mass is 16.5. The van der Waals surface area contributed by atoms with E-state index < -0.39 is 0 Å². The van der Waals surface area contributed by atoms with Gasteiger partial charge in [-0.2, -0.15) is 0 Å².